The van der Waals surface area contributed by atoms with Crippen molar-refractivity contribution in [3.05, 3.63) is 29.7 Å². The smallest absolute Gasteiger partial charge is 0.306 e. The number of rotatable bonds is 6. The SMILES string of the molecule is CN(CC(=O)N1CCC(C(=O)O)CC1)C(=O)Cc1csc(-c2ccoc2)n1. The summed E-state index contributed by atoms with van der Waals surface area (Å²) >= 11 is 1.44. The Labute approximate surface area is 160 Å². The number of piperidine rings is 1. The lowest BCUT2D eigenvalue weighted by molar-refractivity contribution is -0.146. The highest BCUT2D eigenvalue weighted by molar-refractivity contribution is 7.13. The van der Waals surface area contributed by atoms with Gasteiger partial charge in [-0.15, -0.1) is 11.3 Å². The number of amides is 2. The van der Waals surface area contributed by atoms with E-state index in [2.05, 4.69) is 4.98 Å². The van der Waals surface area contributed by atoms with Crippen LogP contribution in [0.25, 0.3) is 10.6 Å². The maximum atomic E-state index is 12.4. The topological polar surface area (TPSA) is 104 Å². The molecular formula is C18H21N3O5S. The number of carboxylic acid groups (broad SMARTS) is 1. The van der Waals surface area contributed by atoms with E-state index in [0.717, 1.165) is 10.6 Å². The molecule has 0 spiro atoms. The average Bonchev–Trinajstić information content (AvgIpc) is 3.33. The number of carboxylic acids is 1. The van der Waals surface area contributed by atoms with E-state index in [1.165, 1.54) is 16.2 Å². The zero-order valence-corrected chi connectivity index (χ0v) is 15.8. The van der Waals surface area contributed by atoms with Crippen LogP contribution in [0.3, 0.4) is 0 Å². The summed E-state index contributed by atoms with van der Waals surface area (Å²) in [6.45, 7) is 0.811. The molecule has 1 saturated heterocycles. The summed E-state index contributed by atoms with van der Waals surface area (Å²) in [6.07, 6.45) is 4.20. The van der Waals surface area contributed by atoms with Crippen molar-refractivity contribution in [1.82, 2.24) is 14.8 Å². The van der Waals surface area contributed by atoms with Gasteiger partial charge in [0.15, 0.2) is 0 Å². The fraction of sp³-hybridized carbons (Fsp3) is 0.444. The quantitative estimate of drug-likeness (QED) is 0.804. The first-order chi connectivity index (χ1) is 12.9. The van der Waals surface area contributed by atoms with Gasteiger partial charge >= 0.3 is 5.97 Å². The molecule has 2 aromatic heterocycles. The summed E-state index contributed by atoms with van der Waals surface area (Å²) in [6, 6.07) is 1.81. The van der Waals surface area contributed by atoms with Crippen molar-refractivity contribution in [2.75, 3.05) is 26.7 Å². The minimum Gasteiger partial charge on any atom is -0.481 e. The van der Waals surface area contributed by atoms with Crippen LogP contribution < -0.4 is 0 Å². The van der Waals surface area contributed by atoms with Crippen LogP contribution in [0.4, 0.5) is 0 Å². The molecule has 1 fully saturated rings. The molecule has 3 heterocycles. The summed E-state index contributed by atoms with van der Waals surface area (Å²) < 4.78 is 5.04. The molecule has 144 valence electrons. The Morgan fingerprint density at radius 3 is 2.74 bits per heavy atom. The third kappa shape index (κ3) is 4.73. The Bertz CT molecular complexity index is 809. The Balaban J connectivity index is 1.49. The third-order valence-electron chi connectivity index (χ3n) is 4.65. The van der Waals surface area contributed by atoms with Gasteiger partial charge in [0.05, 0.1) is 30.8 Å². The van der Waals surface area contributed by atoms with E-state index >= 15 is 0 Å². The Hall–Kier alpha value is -2.68. The van der Waals surface area contributed by atoms with E-state index in [0.29, 0.717) is 31.6 Å². The van der Waals surface area contributed by atoms with Crippen molar-refractivity contribution in [3.8, 4) is 10.6 Å². The second-order valence-electron chi connectivity index (χ2n) is 6.58. The first kappa shape index (κ1) is 19.1. The van der Waals surface area contributed by atoms with Crippen LogP contribution in [0.5, 0.6) is 0 Å². The standard InChI is InChI=1S/C18H21N3O5S/c1-20(9-16(23)21-5-2-12(3-6-21)18(24)25)15(22)8-14-11-27-17(19-14)13-4-7-26-10-13/h4,7,10-12H,2-3,5-6,8-9H2,1H3,(H,24,25). The first-order valence-electron chi connectivity index (χ1n) is 8.65. The van der Waals surface area contributed by atoms with E-state index in [-0.39, 0.29) is 30.7 Å². The van der Waals surface area contributed by atoms with E-state index < -0.39 is 5.97 Å². The van der Waals surface area contributed by atoms with Gasteiger partial charge in [0.1, 0.15) is 11.3 Å². The van der Waals surface area contributed by atoms with Gasteiger partial charge in [-0.1, -0.05) is 0 Å². The van der Waals surface area contributed by atoms with Gasteiger partial charge < -0.3 is 19.3 Å². The number of carbonyl (C=O) groups excluding carboxylic acids is 2. The van der Waals surface area contributed by atoms with Crippen LogP contribution in [-0.2, 0) is 20.8 Å². The largest absolute Gasteiger partial charge is 0.481 e. The van der Waals surface area contributed by atoms with E-state index in [1.807, 2.05) is 11.4 Å². The molecule has 0 radical (unpaired) electrons. The summed E-state index contributed by atoms with van der Waals surface area (Å²) in [7, 11) is 1.59. The molecule has 3 rings (SSSR count). The molecule has 0 bridgehead atoms. The van der Waals surface area contributed by atoms with Gasteiger partial charge in [-0.25, -0.2) is 4.98 Å². The molecule has 1 aliphatic rings. The number of furan rings is 1. The number of carbonyl (C=O) groups is 3. The molecule has 2 aromatic rings. The predicted molar refractivity (Wildman–Crippen MR) is 98.1 cm³/mol. The predicted octanol–water partition coefficient (Wildman–Crippen LogP) is 1.73. The highest BCUT2D eigenvalue weighted by atomic mass is 32.1. The minimum atomic E-state index is -0.813. The lowest BCUT2D eigenvalue weighted by Crippen LogP contribution is -2.45. The second kappa shape index (κ2) is 8.34. The molecular weight excluding hydrogens is 370 g/mol. The fourth-order valence-corrected chi connectivity index (χ4v) is 3.77. The molecule has 1 aliphatic heterocycles. The van der Waals surface area contributed by atoms with Crippen LogP contribution >= 0.6 is 11.3 Å². The molecule has 0 aliphatic carbocycles. The van der Waals surface area contributed by atoms with E-state index in [1.54, 1.807) is 24.5 Å². The fourth-order valence-electron chi connectivity index (χ4n) is 2.96. The molecule has 0 saturated carbocycles. The number of aliphatic carboxylic acids is 1. The Morgan fingerprint density at radius 2 is 2.11 bits per heavy atom. The highest BCUT2D eigenvalue weighted by Gasteiger charge is 2.28. The highest BCUT2D eigenvalue weighted by Crippen LogP contribution is 2.24. The van der Waals surface area contributed by atoms with Gasteiger partial charge in [-0.3, -0.25) is 14.4 Å². The number of hydrogen-bond donors (Lipinski definition) is 1. The molecule has 0 unspecified atom stereocenters. The number of thiazole rings is 1. The van der Waals surface area contributed by atoms with E-state index in [9.17, 15) is 14.4 Å². The van der Waals surface area contributed by atoms with Gasteiger partial charge in [-0.05, 0) is 18.9 Å². The van der Waals surface area contributed by atoms with Gasteiger partial charge in [0.25, 0.3) is 0 Å². The van der Waals surface area contributed by atoms with Crippen LogP contribution in [0.1, 0.15) is 18.5 Å². The maximum Gasteiger partial charge on any atom is 0.306 e. The van der Waals surface area contributed by atoms with Crippen LogP contribution in [0, 0.1) is 5.92 Å². The molecule has 9 heteroatoms. The van der Waals surface area contributed by atoms with Crippen molar-refractivity contribution in [2.24, 2.45) is 5.92 Å². The third-order valence-corrected chi connectivity index (χ3v) is 5.59. The second-order valence-corrected chi connectivity index (χ2v) is 7.43. The molecule has 8 nitrogen and oxygen atoms in total. The summed E-state index contributed by atoms with van der Waals surface area (Å²) in [5.41, 5.74) is 1.52. The summed E-state index contributed by atoms with van der Waals surface area (Å²) in [5, 5.41) is 11.6. The minimum absolute atomic E-state index is 0.0186. The molecule has 0 aromatic carbocycles. The molecule has 0 atom stereocenters. The monoisotopic (exact) mass is 391 g/mol. The van der Waals surface area contributed by atoms with Crippen LogP contribution in [0.2, 0.25) is 0 Å². The Kier molecular flexibility index (Phi) is 5.90. The number of likely N-dealkylation sites (tertiary alicyclic amines) is 1. The first-order valence-corrected chi connectivity index (χ1v) is 9.53. The maximum absolute atomic E-state index is 12.4. The Morgan fingerprint density at radius 1 is 1.37 bits per heavy atom. The molecule has 1 N–H and O–H groups in total. The van der Waals surface area contributed by atoms with Gasteiger partial charge in [-0.2, -0.15) is 0 Å². The normalized spacial score (nSPS) is 14.9. The van der Waals surface area contributed by atoms with Crippen molar-refractivity contribution in [1.29, 1.82) is 0 Å². The number of likely N-dealkylation sites (N-methyl/N-ethyl adjacent to an activating group) is 1. The lowest BCUT2D eigenvalue weighted by Gasteiger charge is -2.31. The van der Waals surface area contributed by atoms with Gasteiger partial charge in [0, 0.05) is 31.1 Å². The van der Waals surface area contributed by atoms with E-state index in [4.69, 9.17) is 9.52 Å². The van der Waals surface area contributed by atoms with Crippen LogP contribution in [0.15, 0.2) is 28.4 Å². The van der Waals surface area contributed by atoms with Crippen molar-refractivity contribution < 1.29 is 23.9 Å². The number of aromatic nitrogens is 1. The number of nitrogens with zero attached hydrogens (tertiary/aromatic N) is 3. The molecule has 27 heavy (non-hydrogen) atoms. The summed E-state index contributed by atoms with van der Waals surface area (Å²) in [5.74, 6) is -1.55. The number of hydrogen-bond acceptors (Lipinski definition) is 6. The van der Waals surface area contributed by atoms with Crippen molar-refractivity contribution >= 4 is 29.1 Å². The zero-order valence-electron chi connectivity index (χ0n) is 15.0. The van der Waals surface area contributed by atoms with Crippen LogP contribution in [-0.4, -0.2) is 64.4 Å². The average molecular weight is 391 g/mol. The van der Waals surface area contributed by atoms with Gasteiger partial charge in [0.2, 0.25) is 11.8 Å². The van der Waals surface area contributed by atoms with Crippen molar-refractivity contribution in [2.45, 2.75) is 19.3 Å². The summed E-state index contributed by atoms with van der Waals surface area (Å²) in [4.78, 5) is 43.2. The zero-order chi connectivity index (χ0) is 19.4. The lowest BCUT2D eigenvalue weighted by atomic mass is 9.97. The van der Waals surface area contributed by atoms with Crippen molar-refractivity contribution in [3.63, 3.8) is 0 Å². The molecule has 2 amide bonds.